The monoisotopic (exact) mass is 405 g/mol. The number of anilines is 1. The fourth-order valence-corrected chi connectivity index (χ4v) is 2.85. The molecule has 7 nitrogen and oxygen atoms in total. The van der Waals surface area contributed by atoms with Crippen LogP contribution in [0.2, 0.25) is 0 Å². The number of methoxy groups -OCH3 is 1. The number of hydrogen-bond acceptors (Lipinski definition) is 4. The van der Waals surface area contributed by atoms with Crippen LogP contribution in [0.15, 0.2) is 71.7 Å². The number of nitrogens with one attached hydrogen (secondary N) is 2. The van der Waals surface area contributed by atoms with Gasteiger partial charge in [-0.25, -0.2) is 0 Å². The van der Waals surface area contributed by atoms with E-state index >= 15 is 0 Å². The molecule has 2 N–H and O–H groups in total. The molecule has 2 aromatic carbocycles. The van der Waals surface area contributed by atoms with Crippen molar-refractivity contribution in [1.29, 1.82) is 0 Å². The number of ether oxygens (including phenoxy) is 1. The molecule has 1 heterocycles. The zero-order chi connectivity index (χ0) is 21.5. The van der Waals surface area contributed by atoms with Crippen molar-refractivity contribution in [2.24, 2.45) is 7.05 Å². The highest BCUT2D eigenvalue weighted by atomic mass is 16.5. The van der Waals surface area contributed by atoms with Gasteiger partial charge in [-0.1, -0.05) is 24.3 Å². The van der Waals surface area contributed by atoms with Gasteiger partial charge in [0.05, 0.1) is 13.5 Å². The Labute approximate surface area is 174 Å². The van der Waals surface area contributed by atoms with Gasteiger partial charge in [-0.05, 0) is 47.5 Å². The van der Waals surface area contributed by atoms with Gasteiger partial charge in [-0.3, -0.25) is 14.4 Å². The minimum Gasteiger partial charge on any atom is -0.497 e. The molecule has 30 heavy (non-hydrogen) atoms. The second-order valence-corrected chi connectivity index (χ2v) is 6.79. The number of aromatic nitrogens is 1. The van der Waals surface area contributed by atoms with Gasteiger partial charge in [-0.2, -0.15) is 0 Å². The van der Waals surface area contributed by atoms with E-state index in [4.69, 9.17) is 4.74 Å². The van der Waals surface area contributed by atoms with Crippen molar-refractivity contribution >= 4 is 17.5 Å². The number of amides is 2. The molecule has 0 radical (unpaired) electrons. The van der Waals surface area contributed by atoms with Crippen molar-refractivity contribution in [3.8, 4) is 5.75 Å². The lowest BCUT2D eigenvalue weighted by Gasteiger charge is -2.08. The lowest BCUT2D eigenvalue weighted by molar-refractivity contribution is -0.120. The van der Waals surface area contributed by atoms with Gasteiger partial charge in [0, 0.05) is 25.4 Å². The number of aryl methyl sites for hydroxylation is 1. The lowest BCUT2D eigenvalue weighted by atomic mass is 10.1. The first kappa shape index (κ1) is 20.9. The Balaban J connectivity index is 1.53. The van der Waals surface area contributed by atoms with Crippen LogP contribution in [0.5, 0.6) is 5.75 Å². The highest BCUT2D eigenvalue weighted by molar-refractivity contribution is 6.04. The fourth-order valence-electron chi connectivity index (χ4n) is 2.85. The van der Waals surface area contributed by atoms with Gasteiger partial charge >= 0.3 is 0 Å². The first-order chi connectivity index (χ1) is 14.5. The van der Waals surface area contributed by atoms with Crippen LogP contribution >= 0.6 is 0 Å². The zero-order valence-electron chi connectivity index (χ0n) is 16.8. The molecule has 0 aliphatic carbocycles. The van der Waals surface area contributed by atoms with Crippen molar-refractivity contribution in [3.05, 3.63) is 93.9 Å². The fraction of sp³-hybridized carbons (Fsp3) is 0.174. The van der Waals surface area contributed by atoms with Crippen molar-refractivity contribution in [2.75, 3.05) is 12.4 Å². The Bertz CT molecular complexity index is 1090. The average Bonchev–Trinajstić information content (AvgIpc) is 2.76. The smallest absolute Gasteiger partial charge is 0.274 e. The maximum absolute atomic E-state index is 12.4. The number of pyridine rings is 1. The third-order valence-electron chi connectivity index (χ3n) is 4.60. The number of hydrogen-bond donors (Lipinski definition) is 2. The number of benzene rings is 2. The number of carbonyl (C=O) groups is 2. The average molecular weight is 405 g/mol. The molecule has 0 fully saturated rings. The van der Waals surface area contributed by atoms with E-state index in [0.29, 0.717) is 12.1 Å². The summed E-state index contributed by atoms with van der Waals surface area (Å²) in [6.07, 6.45) is 1.90. The molecule has 3 rings (SSSR count). The Morgan fingerprint density at radius 1 is 0.967 bits per heavy atom. The highest BCUT2D eigenvalue weighted by Gasteiger charge is 2.09. The normalized spacial score (nSPS) is 10.3. The van der Waals surface area contributed by atoms with Gasteiger partial charge < -0.3 is 19.9 Å². The van der Waals surface area contributed by atoms with Crippen molar-refractivity contribution in [1.82, 2.24) is 9.88 Å². The van der Waals surface area contributed by atoms with Gasteiger partial charge in [0.2, 0.25) is 5.91 Å². The quantitative estimate of drug-likeness (QED) is 0.632. The molecule has 0 atom stereocenters. The Morgan fingerprint density at radius 2 is 1.63 bits per heavy atom. The van der Waals surface area contributed by atoms with Crippen LogP contribution in [-0.4, -0.2) is 23.5 Å². The summed E-state index contributed by atoms with van der Waals surface area (Å²) in [5.41, 5.74) is 2.13. The summed E-state index contributed by atoms with van der Waals surface area (Å²) in [6.45, 7) is 0.357. The van der Waals surface area contributed by atoms with Crippen LogP contribution in [0.1, 0.15) is 21.5 Å². The van der Waals surface area contributed by atoms with Crippen molar-refractivity contribution in [2.45, 2.75) is 13.0 Å². The summed E-state index contributed by atoms with van der Waals surface area (Å²) in [7, 11) is 3.22. The molecule has 3 aromatic rings. The van der Waals surface area contributed by atoms with Crippen LogP contribution in [0.3, 0.4) is 0 Å². The second-order valence-electron chi connectivity index (χ2n) is 6.79. The van der Waals surface area contributed by atoms with E-state index < -0.39 is 0 Å². The third-order valence-corrected chi connectivity index (χ3v) is 4.60. The summed E-state index contributed by atoms with van der Waals surface area (Å²) in [4.78, 5) is 36.5. The minimum atomic E-state index is -0.367. The van der Waals surface area contributed by atoms with E-state index in [0.717, 1.165) is 16.9 Å². The zero-order valence-corrected chi connectivity index (χ0v) is 16.8. The van der Waals surface area contributed by atoms with Crippen LogP contribution < -0.4 is 20.9 Å². The van der Waals surface area contributed by atoms with E-state index in [1.165, 1.54) is 4.57 Å². The molecule has 2 amide bonds. The van der Waals surface area contributed by atoms with Crippen LogP contribution in [0.25, 0.3) is 0 Å². The van der Waals surface area contributed by atoms with E-state index in [1.807, 2.05) is 24.3 Å². The molecule has 154 valence electrons. The Morgan fingerprint density at radius 3 is 2.30 bits per heavy atom. The first-order valence-corrected chi connectivity index (χ1v) is 9.42. The number of carbonyl (C=O) groups excluding carboxylic acids is 2. The van der Waals surface area contributed by atoms with E-state index in [2.05, 4.69) is 10.6 Å². The molecule has 0 saturated carbocycles. The summed E-state index contributed by atoms with van der Waals surface area (Å²) in [5, 5.41) is 5.48. The van der Waals surface area contributed by atoms with E-state index in [9.17, 15) is 14.4 Å². The van der Waals surface area contributed by atoms with Crippen molar-refractivity contribution in [3.63, 3.8) is 0 Å². The molecule has 7 heteroatoms. The molecule has 0 aliphatic heterocycles. The maximum Gasteiger partial charge on any atom is 0.274 e. The Kier molecular flexibility index (Phi) is 6.64. The number of rotatable bonds is 7. The Hall–Kier alpha value is -3.87. The molecular formula is C23H23N3O4. The maximum atomic E-state index is 12.4. The van der Waals surface area contributed by atoms with Crippen molar-refractivity contribution < 1.29 is 14.3 Å². The molecule has 0 unspecified atom stereocenters. The highest BCUT2D eigenvalue weighted by Crippen LogP contribution is 2.12. The van der Waals surface area contributed by atoms with Crippen LogP contribution in [0, 0.1) is 0 Å². The van der Waals surface area contributed by atoms with Crippen LogP contribution in [0.4, 0.5) is 5.69 Å². The molecular weight excluding hydrogens is 382 g/mol. The standard InChI is InChI=1S/C23H23N3O4/c1-26-13-3-4-20(23(26)29)25-22(28)18-9-5-17(6-10-18)15-24-21(27)14-16-7-11-19(30-2)12-8-16/h3-13H,14-15H2,1-2H3,(H,24,27)(H,25,28). The predicted octanol–water partition coefficient (Wildman–Crippen LogP) is 2.51. The van der Waals surface area contributed by atoms with Gasteiger partial charge in [-0.15, -0.1) is 0 Å². The molecule has 0 saturated heterocycles. The van der Waals surface area contributed by atoms with Gasteiger partial charge in [0.25, 0.3) is 11.5 Å². The summed E-state index contributed by atoms with van der Waals surface area (Å²) < 4.78 is 6.50. The molecule has 1 aromatic heterocycles. The predicted molar refractivity (Wildman–Crippen MR) is 115 cm³/mol. The van der Waals surface area contributed by atoms with E-state index in [1.54, 1.807) is 56.8 Å². The van der Waals surface area contributed by atoms with Gasteiger partial charge in [0.1, 0.15) is 11.4 Å². The first-order valence-electron chi connectivity index (χ1n) is 9.42. The molecule has 0 spiro atoms. The summed E-state index contributed by atoms with van der Waals surface area (Å²) in [5.74, 6) is 0.284. The van der Waals surface area contributed by atoms with Crippen LogP contribution in [-0.2, 0) is 24.8 Å². The second kappa shape index (κ2) is 9.56. The summed E-state index contributed by atoms with van der Waals surface area (Å²) >= 11 is 0. The molecule has 0 aliphatic rings. The van der Waals surface area contributed by atoms with E-state index in [-0.39, 0.29) is 29.5 Å². The lowest BCUT2D eigenvalue weighted by Crippen LogP contribution is -2.25. The SMILES string of the molecule is COc1ccc(CC(=O)NCc2ccc(C(=O)Nc3cccn(C)c3=O)cc2)cc1. The number of nitrogens with zero attached hydrogens (tertiary/aromatic N) is 1. The summed E-state index contributed by atoms with van der Waals surface area (Å²) in [6, 6.07) is 17.5. The largest absolute Gasteiger partial charge is 0.497 e. The minimum absolute atomic E-state index is 0.0955. The molecule has 0 bridgehead atoms. The van der Waals surface area contributed by atoms with Gasteiger partial charge in [0.15, 0.2) is 0 Å². The third kappa shape index (κ3) is 5.35. The topological polar surface area (TPSA) is 89.4 Å².